The quantitative estimate of drug-likeness (QED) is 0.459. The second-order valence-corrected chi connectivity index (χ2v) is 2.49. The molecule has 0 aromatic heterocycles. The van der Waals surface area contributed by atoms with Crippen LogP contribution in [0.3, 0.4) is 0 Å². The lowest BCUT2D eigenvalue weighted by atomic mass is 10.3. The number of unbranched alkanes of at least 4 members (excludes halogenated alkanes) is 1. The van der Waals surface area contributed by atoms with Crippen molar-refractivity contribution in [2.75, 3.05) is 6.61 Å². The maximum Gasteiger partial charge on any atom is 0.0433 e. The molecule has 0 saturated heterocycles. The van der Waals surface area contributed by atoms with Gasteiger partial charge in [-0.15, -0.1) is 12.6 Å². The zero-order chi connectivity index (χ0) is 7.11. The molecule has 0 saturated carbocycles. The van der Waals surface area contributed by atoms with Crippen molar-refractivity contribution in [2.45, 2.75) is 26.2 Å². The molecule has 0 radical (unpaired) electrons. The Balaban J connectivity index is 3.21. The van der Waals surface area contributed by atoms with Crippen LogP contribution in [0.2, 0.25) is 0 Å². The molecule has 0 unspecified atom stereocenters. The Bertz CT molecular complexity index is 88.9. The third-order valence-electron chi connectivity index (χ3n) is 1.10. The monoisotopic (exact) mass is 146 g/mol. The number of rotatable bonds is 4. The van der Waals surface area contributed by atoms with Crippen molar-refractivity contribution in [2.24, 2.45) is 0 Å². The maximum atomic E-state index is 8.40. The van der Waals surface area contributed by atoms with Crippen molar-refractivity contribution < 1.29 is 5.11 Å². The van der Waals surface area contributed by atoms with Gasteiger partial charge in [-0.1, -0.05) is 13.0 Å². The summed E-state index contributed by atoms with van der Waals surface area (Å²) < 4.78 is 0. The number of allylic oxidation sites excluding steroid dienone is 2. The van der Waals surface area contributed by atoms with Crippen LogP contribution in [0.25, 0.3) is 0 Å². The van der Waals surface area contributed by atoms with E-state index in [0.717, 1.165) is 24.2 Å². The molecule has 0 aliphatic carbocycles. The molecule has 2 heteroatoms. The number of thiol groups is 1. The molecule has 0 aliphatic heterocycles. The normalized spacial score (nSPS) is 12.1. The zero-order valence-corrected chi connectivity index (χ0v) is 6.69. The first-order valence-corrected chi connectivity index (χ1v) is 3.74. The Morgan fingerprint density at radius 1 is 1.67 bits per heavy atom. The van der Waals surface area contributed by atoms with Crippen molar-refractivity contribution in [3.63, 3.8) is 0 Å². The average molecular weight is 146 g/mol. The van der Waals surface area contributed by atoms with E-state index in [1.807, 2.05) is 0 Å². The van der Waals surface area contributed by atoms with Gasteiger partial charge in [-0.2, -0.15) is 0 Å². The Morgan fingerprint density at radius 3 is 2.78 bits per heavy atom. The van der Waals surface area contributed by atoms with Gasteiger partial charge in [-0.05, 0) is 24.2 Å². The molecule has 0 aliphatic rings. The lowest BCUT2D eigenvalue weighted by Crippen LogP contribution is -1.79. The minimum absolute atomic E-state index is 0.279. The minimum atomic E-state index is 0.279. The lowest BCUT2D eigenvalue weighted by Gasteiger charge is -1.92. The molecule has 0 heterocycles. The largest absolute Gasteiger partial charge is 0.396 e. The first-order chi connectivity index (χ1) is 4.31. The number of aliphatic hydroxyl groups excluding tert-OH is 1. The fourth-order valence-corrected chi connectivity index (χ4v) is 0.633. The molecule has 0 amide bonds. The molecule has 9 heavy (non-hydrogen) atoms. The fraction of sp³-hybridized carbons (Fsp3) is 0.714. The Hall–Kier alpha value is 0.0500. The third kappa shape index (κ3) is 5.93. The summed E-state index contributed by atoms with van der Waals surface area (Å²) in [4.78, 5) is 1.11. The standard InChI is InChI=1S/C7H14OS/c1-2-7(9)5-3-4-6-8/h5,8-9H,2-4,6H2,1H3/b7-5+. The molecule has 0 aromatic carbocycles. The van der Waals surface area contributed by atoms with Crippen LogP contribution in [0.15, 0.2) is 11.0 Å². The third-order valence-corrected chi connectivity index (χ3v) is 1.60. The second kappa shape index (κ2) is 6.17. The molecule has 54 valence electrons. The fourth-order valence-electron chi connectivity index (χ4n) is 0.504. The van der Waals surface area contributed by atoms with Crippen molar-refractivity contribution in [1.82, 2.24) is 0 Å². The van der Waals surface area contributed by atoms with Gasteiger partial charge in [0.1, 0.15) is 0 Å². The van der Waals surface area contributed by atoms with E-state index in [0.29, 0.717) is 0 Å². The summed E-state index contributed by atoms with van der Waals surface area (Å²) in [5.41, 5.74) is 0. The predicted molar refractivity (Wildman–Crippen MR) is 43.7 cm³/mol. The highest BCUT2D eigenvalue weighted by Crippen LogP contribution is 2.06. The number of hydrogen-bond acceptors (Lipinski definition) is 2. The highest BCUT2D eigenvalue weighted by molar-refractivity contribution is 7.84. The van der Waals surface area contributed by atoms with E-state index in [1.54, 1.807) is 0 Å². The van der Waals surface area contributed by atoms with E-state index in [4.69, 9.17) is 5.11 Å². The van der Waals surface area contributed by atoms with Crippen molar-refractivity contribution in [3.8, 4) is 0 Å². The number of aliphatic hydroxyl groups is 1. The van der Waals surface area contributed by atoms with E-state index in [-0.39, 0.29) is 6.61 Å². The number of hydrogen-bond donors (Lipinski definition) is 2. The van der Waals surface area contributed by atoms with Gasteiger partial charge in [-0.3, -0.25) is 0 Å². The van der Waals surface area contributed by atoms with Gasteiger partial charge in [0.2, 0.25) is 0 Å². The summed E-state index contributed by atoms with van der Waals surface area (Å²) >= 11 is 4.18. The van der Waals surface area contributed by atoms with Gasteiger partial charge in [0.25, 0.3) is 0 Å². The molecular weight excluding hydrogens is 132 g/mol. The van der Waals surface area contributed by atoms with Crippen LogP contribution in [0.4, 0.5) is 0 Å². The molecule has 0 aromatic rings. The Morgan fingerprint density at radius 2 is 2.33 bits per heavy atom. The summed E-state index contributed by atoms with van der Waals surface area (Å²) in [7, 11) is 0. The summed E-state index contributed by atoms with van der Waals surface area (Å²) in [5, 5.41) is 8.40. The van der Waals surface area contributed by atoms with Gasteiger partial charge in [0.15, 0.2) is 0 Å². The van der Waals surface area contributed by atoms with E-state index in [9.17, 15) is 0 Å². The van der Waals surface area contributed by atoms with Crippen LogP contribution in [-0.4, -0.2) is 11.7 Å². The van der Waals surface area contributed by atoms with Gasteiger partial charge in [0.05, 0.1) is 0 Å². The van der Waals surface area contributed by atoms with Crippen molar-refractivity contribution in [3.05, 3.63) is 11.0 Å². The zero-order valence-electron chi connectivity index (χ0n) is 5.80. The molecule has 0 bridgehead atoms. The smallest absolute Gasteiger partial charge is 0.0433 e. The summed E-state index contributed by atoms with van der Waals surface area (Å²) in [5.74, 6) is 0. The lowest BCUT2D eigenvalue weighted by molar-refractivity contribution is 0.289. The van der Waals surface area contributed by atoms with Crippen molar-refractivity contribution >= 4 is 12.6 Å². The molecule has 1 nitrogen and oxygen atoms in total. The predicted octanol–water partition coefficient (Wildman–Crippen LogP) is 1.98. The van der Waals surface area contributed by atoms with Gasteiger partial charge in [0, 0.05) is 6.61 Å². The molecule has 0 rings (SSSR count). The van der Waals surface area contributed by atoms with Crippen LogP contribution < -0.4 is 0 Å². The first kappa shape index (κ1) is 9.05. The van der Waals surface area contributed by atoms with Gasteiger partial charge < -0.3 is 5.11 Å². The minimum Gasteiger partial charge on any atom is -0.396 e. The summed E-state index contributed by atoms with van der Waals surface area (Å²) in [6.45, 7) is 2.35. The van der Waals surface area contributed by atoms with Crippen LogP contribution >= 0.6 is 12.6 Å². The highest BCUT2D eigenvalue weighted by atomic mass is 32.1. The van der Waals surface area contributed by atoms with Crippen LogP contribution in [-0.2, 0) is 0 Å². The van der Waals surface area contributed by atoms with Crippen LogP contribution in [0, 0.1) is 0 Å². The summed E-state index contributed by atoms with van der Waals surface area (Å²) in [6, 6.07) is 0. The van der Waals surface area contributed by atoms with Gasteiger partial charge in [-0.25, -0.2) is 0 Å². The van der Waals surface area contributed by atoms with Crippen LogP contribution in [0.1, 0.15) is 26.2 Å². The average Bonchev–Trinajstić information content (AvgIpc) is 1.89. The van der Waals surface area contributed by atoms with E-state index >= 15 is 0 Å². The Labute approximate surface area is 62.2 Å². The molecular formula is C7H14OS. The summed E-state index contributed by atoms with van der Waals surface area (Å²) in [6.07, 6.45) is 4.85. The maximum absolute atomic E-state index is 8.40. The van der Waals surface area contributed by atoms with E-state index in [1.165, 1.54) is 0 Å². The SMILES string of the molecule is CC/C(S)=C\CCCO. The highest BCUT2D eigenvalue weighted by Gasteiger charge is 1.83. The molecule has 0 atom stereocenters. The second-order valence-electron chi connectivity index (χ2n) is 1.91. The van der Waals surface area contributed by atoms with E-state index in [2.05, 4.69) is 25.6 Å². The van der Waals surface area contributed by atoms with Crippen LogP contribution in [0.5, 0.6) is 0 Å². The molecule has 0 spiro atoms. The molecule has 1 N–H and O–H groups in total. The van der Waals surface area contributed by atoms with Crippen molar-refractivity contribution in [1.29, 1.82) is 0 Å². The van der Waals surface area contributed by atoms with Gasteiger partial charge >= 0.3 is 0 Å². The Kier molecular flexibility index (Phi) is 6.21. The van der Waals surface area contributed by atoms with E-state index < -0.39 is 0 Å². The first-order valence-electron chi connectivity index (χ1n) is 3.30. The topological polar surface area (TPSA) is 20.2 Å². The molecule has 0 fully saturated rings.